The normalized spacial score (nSPS) is 10.2. The fraction of sp³-hybridized carbons (Fsp3) is 0.267. The van der Waals surface area contributed by atoms with Crippen LogP contribution in [0, 0.1) is 0 Å². The summed E-state index contributed by atoms with van der Waals surface area (Å²) in [6.07, 6.45) is 1.79. The maximum absolute atomic E-state index is 5.50. The second kappa shape index (κ2) is 7.14. The van der Waals surface area contributed by atoms with Crippen LogP contribution in [0.1, 0.15) is 12.5 Å². The summed E-state index contributed by atoms with van der Waals surface area (Å²) in [7, 11) is 1.65. The van der Waals surface area contributed by atoms with Gasteiger partial charge in [-0.2, -0.15) is 0 Å². The number of hydrogen-bond acceptors (Lipinski definition) is 4. The van der Waals surface area contributed by atoms with E-state index in [4.69, 9.17) is 9.47 Å². The van der Waals surface area contributed by atoms with Crippen LogP contribution in [0.4, 0.5) is 5.69 Å². The first-order chi connectivity index (χ1) is 9.72. The first-order valence-corrected chi connectivity index (χ1v) is 7.17. The van der Waals surface area contributed by atoms with Gasteiger partial charge in [0.1, 0.15) is 4.60 Å². The van der Waals surface area contributed by atoms with Crippen LogP contribution in [0.3, 0.4) is 0 Å². The summed E-state index contributed by atoms with van der Waals surface area (Å²) in [5.74, 6) is 1.52. The molecule has 2 aromatic rings. The largest absolute Gasteiger partial charge is 0.493 e. The van der Waals surface area contributed by atoms with Gasteiger partial charge in [-0.15, -0.1) is 0 Å². The van der Waals surface area contributed by atoms with Gasteiger partial charge < -0.3 is 14.8 Å². The molecule has 0 aliphatic rings. The van der Waals surface area contributed by atoms with Gasteiger partial charge in [-0.25, -0.2) is 4.98 Å². The average molecular weight is 337 g/mol. The number of benzene rings is 1. The van der Waals surface area contributed by atoms with Crippen molar-refractivity contribution in [2.75, 3.05) is 19.0 Å². The van der Waals surface area contributed by atoms with Gasteiger partial charge in [0.15, 0.2) is 11.5 Å². The summed E-state index contributed by atoms with van der Waals surface area (Å²) in [5.41, 5.74) is 2.09. The van der Waals surface area contributed by atoms with E-state index in [1.165, 1.54) is 0 Å². The molecule has 0 aliphatic heterocycles. The third-order valence-electron chi connectivity index (χ3n) is 2.75. The molecule has 5 heteroatoms. The molecule has 2 rings (SSSR count). The smallest absolute Gasteiger partial charge is 0.161 e. The Balaban J connectivity index is 2.04. The number of methoxy groups -OCH3 is 1. The first kappa shape index (κ1) is 14.7. The van der Waals surface area contributed by atoms with Crippen LogP contribution in [0.2, 0.25) is 0 Å². The minimum absolute atomic E-state index is 0.624. The number of hydrogen-bond donors (Lipinski definition) is 1. The van der Waals surface area contributed by atoms with Crippen LogP contribution < -0.4 is 14.8 Å². The lowest BCUT2D eigenvalue weighted by Gasteiger charge is -2.12. The number of halogens is 1. The molecule has 0 amide bonds. The summed E-state index contributed by atoms with van der Waals surface area (Å²) in [5, 5.41) is 3.31. The lowest BCUT2D eigenvalue weighted by Crippen LogP contribution is -2.01. The number of rotatable bonds is 6. The molecule has 20 heavy (non-hydrogen) atoms. The van der Waals surface area contributed by atoms with Crippen LogP contribution in [0.5, 0.6) is 11.5 Å². The van der Waals surface area contributed by atoms with Crippen molar-refractivity contribution in [3.63, 3.8) is 0 Å². The highest BCUT2D eigenvalue weighted by molar-refractivity contribution is 9.10. The van der Waals surface area contributed by atoms with E-state index >= 15 is 0 Å². The van der Waals surface area contributed by atoms with Crippen LogP contribution >= 0.6 is 15.9 Å². The van der Waals surface area contributed by atoms with Gasteiger partial charge in [0.05, 0.1) is 25.6 Å². The van der Waals surface area contributed by atoms with Crippen molar-refractivity contribution in [3.8, 4) is 11.5 Å². The predicted molar refractivity (Wildman–Crippen MR) is 83.4 cm³/mol. The molecule has 1 heterocycles. The summed E-state index contributed by atoms with van der Waals surface area (Å²) in [6.45, 7) is 3.28. The molecule has 1 N–H and O–H groups in total. The SMILES string of the molecule is CCOc1ccc(CNc2ccc(Br)nc2)cc1OC. The van der Waals surface area contributed by atoms with Crippen molar-refractivity contribution in [1.82, 2.24) is 4.98 Å². The molecule has 4 nitrogen and oxygen atoms in total. The number of ether oxygens (including phenoxy) is 2. The summed E-state index contributed by atoms with van der Waals surface area (Å²) < 4.78 is 11.7. The Labute approximate surface area is 127 Å². The minimum atomic E-state index is 0.624. The van der Waals surface area contributed by atoms with E-state index < -0.39 is 0 Å². The Morgan fingerprint density at radius 3 is 2.70 bits per heavy atom. The zero-order chi connectivity index (χ0) is 14.4. The number of nitrogens with zero attached hydrogens (tertiary/aromatic N) is 1. The van der Waals surface area contributed by atoms with E-state index in [0.29, 0.717) is 13.2 Å². The summed E-state index contributed by atoms with van der Waals surface area (Å²) >= 11 is 3.31. The molecule has 0 bridgehead atoms. The van der Waals surface area contributed by atoms with Crippen molar-refractivity contribution in [2.24, 2.45) is 0 Å². The molecule has 0 atom stereocenters. The molecule has 1 aromatic heterocycles. The van der Waals surface area contributed by atoms with Gasteiger partial charge in [-0.3, -0.25) is 0 Å². The summed E-state index contributed by atoms with van der Waals surface area (Å²) in [6, 6.07) is 9.81. The predicted octanol–water partition coefficient (Wildman–Crippen LogP) is 3.86. The highest BCUT2D eigenvalue weighted by Gasteiger charge is 2.05. The molecule has 0 saturated heterocycles. The second-order valence-electron chi connectivity index (χ2n) is 4.14. The Morgan fingerprint density at radius 2 is 2.05 bits per heavy atom. The number of nitrogens with one attached hydrogen (secondary N) is 1. The van der Waals surface area contributed by atoms with Crippen LogP contribution in [0.25, 0.3) is 0 Å². The Bertz CT molecular complexity index is 558. The van der Waals surface area contributed by atoms with Gasteiger partial charge in [0.2, 0.25) is 0 Å². The van der Waals surface area contributed by atoms with Crippen LogP contribution in [-0.4, -0.2) is 18.7 Å². The lowest BCUT2D eigenvalue weighted by molar-refractivity contribution is 0.310. The average Bonchev–Trinajstić information content (AvgIpc) is 2.48. The fourth-order valence-corrected chi connectivity index (χ4v) is 2.02. The Morgan fingerprint density at radius 1 is 1.20 bits per heavy atom. The fourth-order valence-electron chi connectivity index (χ4n) is 1.78. The molecular weight excluding hydrogens is 320 g/mol. The van der Waals surface area contributed by atoms with E-state index in [1.807, 2.05) is 37.3 Å². The van der Waals surface area contributed by atoms with E-state index in [9.17, 15) is 0 Å². The molecular formula is C15H17BrN2O2. The van der Waals surface area contributed by atoms with E-state index in [0.717, 1.165) is 27.4 Å². The number of aromatic nitrogens is 1. The monoisotopic (exact) mass is 336 g/mol. The van der Waals surface area contributed by atoms with Crippen molar-refractivity contribution >= 4 is 21.6 Å². The first-order valence-electron chi connectivity index (χ1n) is 6.38. The van der Waals surface area contributed by atoms with E-state index in [1.54, 1.807) is 13.3 Å². The van der Waals surface area contributed by atoms with Crippen LogP contribution in [-0.2, 0) is 6.54 Å². The molecule has 0 saturated carbocycles. The van der Waals surface area contributed by atoms with Gasteiger partial charge >= 0.3 is 0 Å². The third-order valence-corrected chi connectivity index (χ3v) is 3.22. The maximum Gasteiger partial charge on any atom is 0.161 e. The molecule has 106 valence electrons. The molecule has 1 aromatic carbocycles. The molecule has 0 radical (unpaired) electrons. The Hall–Kier alpha value is -1.75. The van der Waals surface area contributed by atoms with Crippen LogP contribution in [0.15, 0.2) is 41.1 Å². The zero-order valence-electron chi connectivity index (χ0n) is 11.5. The zero-order valence-corrected chi connectivity index (χ0v) is 13.1. The summed E-state index contributed by atoms with van der Waals surface area (Å²) in [4.78, 5) is 4.17. The Kier molecular flexibility index (Phi) is 5.24. The van der Waals surface area contributed by atoms with E-state index in [-0.39, 0.29) is 0 Å². The standard InChI is InChI=1S/C15H17BrN2O2/c1-3-20-13-6-4-11(8-14(13)19-2)9-17-12-5-7-15(16)18-10-12/h4-8,10,17H,3,9H2,1-2H3. The van der Waals surface area contributed by atoms with Gasteiger partial charge in [0, 0.05) is 6.54 Å². The topological polar surface area (TPSA) is 43.4 Å². The van der Waals surface area contributed by atoms with Crippen molar-refractivity contribution in [3.05, 3.63) is 46.7 Å². The molecule has 0 unspecified atom stereocenters. The third kappa shape index (κ3) is 3.87. The quantitative estimate of drug-likeness (QED) is 0.813. The number of anilines is 1. The van der Waals surface area contributed by atoms with Gasteiger partial charge in [0.25, 0.3) is 0 Å². The second-order valence-corrected chi connectivity index (χ2v) is 4.95. The lowest BCUT2D eigenvalue weighted by atomic mass is 10.2. The van der Waals surface area contributed by atoms with E-state index in [2.05, 4.69) is 26.2 Å². The highest BCUT2D eigenvalue weighted by atomic mass is 79.9. The molecule has 0 fully saturated rings. The van der Waals surface area contributed by atoms with Crippen molar-refractivity contribution < 1.29 is 9.47 Å². The number of pyridine rings is 1. The van der Waals surface area contributed by atoms with Crippen molar-refractivity contribution in [2.45, 2.75) is 13.5 Å². The van der Waals surface area contributed by atoms with Crippen molar-refractivity contribution in [1.29, 1.82) is 0 Å². The minimum Gasteiger partial charge on any atom is -0.493 e. The highest BCUT2D eigenvalue weighted by Crippen LogP contribution is 2.28. The molecule has 0 spiro atoms. The molecule has 0 aliphatic carbocycles. The van der Waals surface area contributed by atoms with Gasteiger partial charge in [-0.05, 0) is 52.7 Å². The van der Waals surface area contributed by atoms with Gasteiger partial charge in [-0.1, -0.05) is 6.07 Å². The maximum atomic E-state index is 5.50.